The maximum absolute atomic E-state index is 13.6. The van der Waals surface area contributed by atoms with E-state index in [1.165, 1.54) is 9.21 Å². The average molecular weight is 498 g/mol. The Morgan fingerprint density at radius 3 is 2.49 bits per heavy atom. The van der Waals surface area contributed by atoms with Gasteiger partial charge in [0.2, 0.25) is 15.9 Å². The zero-order valence-electron chi connectivity index (χ0n) is 20.2. The predicted molar refractivity (Wildman–Crippen MR) is 131 cm³/mol. The third-order valence-electron chi connectivity index (χ3n) is 7.08. The van der Waals surface area contributed by atoms with Crippen LogP contribution in [0.1, 0.15) is 44.4 Å². The Kier molecular flexibility index (Phi) is 4.83. The number of nitrogens with one attached hydrogen (secondary N) is 1. The van der Waals surface area contributed by atoms with Gasteiger partial charge in [-0.1, -0.05) is 19.9 Å². The summed E-state index contributed by atoms with van der Waals surface area (Å²) < 4.78 is 26.2. The summed E-state index contributed by atoms with van der Waals surface area (Å²) in [6.07, 6.45) is 2.88. The standard InChI is InChI=1S/C24H27N5O5S/c1-23(2)13-28(35(5,33)34)18-10-15(6-7-17(18)23)29-21(31)24(3,4)27(22(29)32)12-14-8-9-25-20-16(14)11-19(30)26-20/h6-10H,11-13H2,1-5H3,(H,25,26,30). The first kappa shape index (κ1) is 23.3. The number of hydrogen-bond acceptors (Lipinski definition) is 6. The van der Waals surface area contributed by atoms with Crippen molar-refractivity contribution in [1.29, 1.82) is 0 Å². The Labute approximate surface area is 204 Å². The van der Waals surface area contributed by atoms with Crippen molar-refractivity contribution >= 4 is 45.1 Å². The van der Waals surface area contributed by atoms with E-state index < -0.39 is 32.9 Å². The molecule has 0 bridgehead atoms. The Hall–Kier alpha value is -3.47. The monoisotopic (exact) mass is 497 g/mol. The zero-order chi connectivity index (χ0) is 25.5. The number of imide groups is 1. The smallest absolute Gasteiger partial charge is 0.310 e. The molecule has 184 valence electrons. The lowest BCUT2D eigenvalue weighted by Crippen LogP contribution is -2.43. The first-order valence-electron chi connectivity index (χ1n) is 11.3. The minimum absolute atomic E-state index is 0.126. The molecular weight excluding hydrogens is 470 g/mol. The van der Waals surface area contributed by atoms with E-state index in [4.69, 9.17) is 0 Å². The third-order valence-corrected chi connectivity index (χ3v) is 8.20. The second-order valence-electron chi connectivity index (χ2n) is 10.4. The summed E-state index contributed by atoms with van der Waals surface area (Å²) in [5.41, 5.74) is 1.53. The van der Waals surface area contributed by atoms with Gasteiger partial charge >= 0.3 is 6.03 Å². The highest BCUT2D eigenvalue weighted by atomic mass is 32.2. The molecule has 0 unspecified atom stereocenters. The topological polar surface area (TPSA) is 120 Å². The number of carbonyl (C=O) groups excluding carboxylic acids is 3. The van der Waals surface area contributed by atoms with Gasteiger partial charge in [0.25, 0.3) is 5.91 Å². The molecule has 11 heteroatoms. The number of hydrogen-bond donors (Lipinski definition) is 1. The molecule has 1 saturated heterocycles. The molecule has 1 aromatic heterocycles. The van der Waals surface area contributed by atoms with E-state index in [1.807, 2.05) is 13.8 Å². The van der Waals surface area contributed by atoms with Crippen molar-refractivity contribution in [2.45, 2.75) is 51.6 Å². The molecule has 0 atom stereocenters. The summed E-state index contributed by atoms with van der Waals surface area (Å²) in [4.78, 5) is 45.7. The summed E-state index contributed by atoms with van der Waals surface area (Å²) in [6, 6.07) is 6.32. The van der Waals surface area contributed by atoms with Crippen LogP contribution in [0.2, 0.25) is 0 Å². The number of fused-ring (bicyclic) bond motifs is 2. The van der Waals surface area contributed by atoms with Gasteiger partial charge in [-0.05, 0) is 43.2 Å². The normalized spacial score (nSPS) is 20.4. The summed E-state index contributed by atoms with van der Waals surface area (Å²) in [6.45, 7) is 7.68. The van der Waals surface area contributed by atoms with E-state index in [9.17, 15) is 22.8 Å². The second kappa shape index (κ2) is 7.27. The predicted octanol–water partition coefficient (Wildman–Crippen LogP) is 2.38. The van der Waals surface area contributed by atoms with Crippen molar-refractivity contribution in [2.24, 2.45) is 0 Å². The lowest BCUT2D eigenvalue weighted by atomic mass is 9.87. The molecule has 2 aromatic rings. The zero-order valence-corrected chi connectivity index (χ0v) is 21.1. The van der Waals surface area contributed by atoms with Crippen molar-refractivity contribution in [3.63, 3.8) is 0 Å². The Balaban J connectivity index is 1.53. The molecule has 1 fully saturated rings. The maximum atomic E-state index is 13.6. The van der Waals surface area contributed by atoms with E-state index in [1.54, 1.807) is 44.3 Å². The molecule has 1 N–H and O–H groups in total. The summed E-state index contributed by atoms with van der Waals surface area (Å²) in [5.74, 6) is -0.103. The van der Waals surface area contributed by atoms with E-state index in [-0.39, 0.29) is 25.4 Å². The van der Waals surface area contributed by atoms with Crippen LogP contribution < -0.4 is 14.5 Å². The number of benzene rings is 1. The number of sulfonamides is 1. The highest BCUT2D eigenvalue weighted by Gasteiger charge is 2.52. The molecule has 35 heavy (non-hydrogen) atoms. The first-order valence-corrected chi connectivity index (χ1v) is 13.1. The average Bonchev–Trinajstić information content (AvgIpc) is 3.32. The molecule has 0 saturated carbocycles. The minimum atomic E-state index is -3.54. The van der Waals surface area contributed by atoms with Crippen LogP contribution >= 0.6 is 0 Å². The van der Waals surface area contributed by atoms with Crippen molar-refractivity contribution < 1.29 is 22.8 Å². The molecule has 5 rings (SSSR count). The number of amides is 4. The Bertz CT molecular complexity index is 1420. The van der Waals surface area contributed by atoms with Gasteiger partial charge in [0, 0.05) is 30.3 Å². The number of pyridine rings is 1. The molecule has 0 radical (unpaired) electrons. The highest BCUT2D eigenvalue weighted by Crippen LogP contribution is 2.45. The van der Waals surface area contributed by atoms with Gasteiger partial charge in [0.05, 0.1) is 24.1 Å². The first-order chi connectivity index (χ1) is 16.2. The van der Waals surface area contributed by atoms with Crippen molar-refractivity contribution in [3.8, 4) is 0 Å². The molecular formula is C24H27N5O5S. The Morgan fingerprint density at radius 2 is 1.80 bits per heavy atom. The van der Waals surface area contributed by atoms with E-state index in [0.717, 1.165) is 27.8 Å². The van der Waals surface area contributed by atoms with Crippen molar-refractivity contribution in [1.82, 2.24) is 9.88 Å². The Morgan fingerprint density at radius 1 is 1.09 bits per heavy atom. The van der Waals surface area contributed by atoms with Crippen LogP contribution in [-0.4, -0.2) is 54.5 Å². The van der Waals surface area contributed by atoms with Crippen LogP contribution in [0.15, 0.2) is 30.5 Å². The van der Waals surface area contributed by atoms with Gasteiger partial charge in [-0.15, -0.1) is 0 Å². The summed E-state index contributed by atoms with van der Waals surface area (Å²) >= 11 is 0. The van der Waals surface area contributed by atoms with Crippen molar-refractivity contribution in [2.75, 3.05) is 27.3 Å². The van der Waals surface area contributed by atoms with Gasteiger partial charge in [0.15, 0.2) is 0 Å². The van der Waals surface area contributed by atoms with Crippen LogP contribution in [0.5, 0.6) is 0 Å². The highest BCUT2D eigenvalue weighted by molar-refractivity contribution is 7.92. The third kappa shape index (κ3) is 3.48. The second-order valence-corrected chi connectivity index (χ2v) is 12.4. The lowest BCUT2D eigenvalue weighted by Gasteiger charge is -2.28. The molecule has 3 aliphatic rings. The van der Waals surface area contributed by atoms with E-state index in [0.29, 0.717) is 17.2 Å². The number of rotatable bonds is 4. The van der Waals surface area contributed by atoms with Crippen molar-refractivity contribution in [3.05, 3.63) is 47.2 Å². The molecule has 1 aromatic carbocycles. The summed E-state index contributed by atoms with van der Waals surface area (Å²) in [7, 11) is -3.54. The fraction of sp³-hybridized carbons (Fsp3) is 0.417. The van der Waals surface area contributed by atoms with Gasteiger partial charge in [0.1, 0.15) is 11.4 Å². The molecule has 0 aliphatic carbocycles. The summed E-state index contributed by atoms with van der Waals surface area (Å²) in [5, 5.41) is 2.70. The van der Waals surface area contributed by atoms with Crippen LogP contribution in [-0.2, 0) is 38.0 Å². The lowest BCUT2D eigenvalue weighted by molar-refractivity contribution is -0.123. The van der Waals surface area contributed by atoms with Gasteiger partial charge in [-0.3, -0.25) is 13.9 Å². The number of anilines is 3. The molecule has 0 spiro atoms. The quantitative estimate of drug-likeness (QED) is 0.648. The number of nitrogens with zero attached hydrogens (tertiary/aromatic N) is 4. The maximum Gasteiger partial charge on any atom is 0.332 e. The molecule has 4 amide bonds. The van der Waals surface area contributed by atoms with E-state index in [2.05, 4.69) is 10.3 Å². The van der Waals surface area contributed by atoms with Crippen LogP contribution in [0, 0.1) is 0 Å². The fourth-order valence-corrected chi connectivity index (χ4v) is 6.15. The van der Waals surface area contributed by atoms with Crippen LogP contribution in [0.3, 0.4) is 0 Å². The van der Waals surface area contributed by atoms with E-state index >= 15 is 0 Å². The van der Waals surface area contributed by atoms with Gasteiger partial charge in [-0.2, -0.15) is 0 Å². The van der Waals surface area contributed by atoms with Crippen LogP contribution in [0.25, 0.3) is 0 Å². The SMILES string of the molecule is CC1(C)CN(S(C)(=O)=O)c2cc(N3C(=O)N(Cc4ccnc5c4CC(=O)N5)C(C)(C)C3=O)ccc21. The number of aromatic nitrogens is 1. The van der Waals surface area contributed by atoms with Crippen LogP contribution in [0.4, 0.5) is 22.0 Å². The molecule has 4 heterocycles. The number of carbonyl (C=O) groups is 3. The minimum Gasteiger partial charge on any atom is -0.310 e. The molecule has 3 aliphatic heterocycles. The number of urea groups is 1. The fourth-order valence-electron chi connectivity index (χ4n) is 5.08. The van der Waals surface area contributed by atoms with Gasteiger partial charge in [-0.25, -0.2) is 23.1 Å². The van der Waals surface area contributed by atoms with Gasteiger partial charge < -0.3 is 10.2 Å². The molecule has 10 nitrogen and oxygen atoms in total. The largest absolute Gasteiger partial charge is 0.332 e.